The second-order valence-electron chi connectivity index (χ2n) is 7.69. The summed E-state index contributed by atoms with van der Waals surface area (Å²) in [7, 11) is 0. The molecule has 1 aliphatic carbocycles. The number of nitrogens with zero attached hydrogens (tertiary/aromatic N) is 4. The van der Waals surface area contributed by atoms with Crippen molar-refractivity contribution in [3.63, 3.8) is 0 Å². The zero-order chi connectivity index (χ0) is 21.6. The van der Waals surface area contributed by atoms with Crippen molar-refractivity contribution in [3.05, 3.63) is 39.9 Å². The SMILES string of the molecule is CC(N)=NC(=N)N1CCN(c2cc3c(cc2F)c(=O)c(C(=O)O)cn3C2CC2)CC1. The predicted octanol–water partition coefficient (Wildman–Crippen LogP) is 1.61. The summed E-state index contributed by atoms with van der Waals surface area (Å²) >= 11 is 0. The maximum absolute atomic E-state index is 15.0. The molecule has 0 atom stereocenters. The molecule has 0 bridgehead atoms. The van der Waals surface area contributed by atoms with Crippen LogP contribution < -0.4 is 16.1 Å². The molecule has 0 spiro atoms. The molecule has 2 fully saturated rings. The van der Waals surface area contributed by atoms with Crippen LogP contribution in [0.25, 0.3) is 10.9 Å². The number of guanidine groups is 1. The summed E-state index contributed by atoms with van der Waals surface area (Å²) in [5, 5.41) is 17.4. The van der Waals surface area contributed by atoms with E-state index in [-0.39, 0.29) is 23.0 Å². The summed E-state index contributed by atoms with van der Waals surface area (Å²) in [6, 6.07) is 2.91. The fraction of sp³-hybridized carbons (Fsp3) is 0.400. The third kappa shape index (κ3) is 3.60. The number of fused-ring (bicyclic) bond motifs is 1. The number of amidine groups is 1. The standard InChI is InChI=1S/C20H23FN6O3/c1-11(22)24-20(23)26-6-4-25(5-7-26)17-9-16-13(8-15(17)21)18(28)14(19(29)30)10-27(16)12-2-3-12/h8-10,12H,2-7H2,1H3,(H,29,30)(H3,22,23,24). The Bertz CT molecular complexity index is 1130. The maximum Gasteiger partial charge on any atom is 0.341 e. The van der Waals surface area contributed by atoms with Crippen molar-refractivity contribution in [2.75, 3.05) is 31.1 Å². The molecular formula is C20H23FN6O3. The number of benzene rings is 1. The minimum Gasteiger partial charge on any atom is -0.477 e. The van der Waals surface area contributed by atoms with Gasteiger partial charge in [-0.05, 0) is 31.9 Å². The van der Waals surface area contributed by atoms with E-state index in [9.17, 15) is 19.1 Å². The van der Waals surface area contributed by atoms with Gasteiger partial charge in [0.25, 0.3) is 0 Å². The first-order valence-electron chi connectivity index (χ1n) is 9.77. The van der Waals surface area contributed by atoms with Crippen LogP contribution in [0.5, 0.6) is 0 Å². The second kappa shape index (κ2) is 7.43. The van der Waals surface area contributed by atoms with E-state index in [1.807, 2.05) is 4.90 Å². The molecular weight excluding hydrogens is 391 g/mol. The number of hydrogen-bond donors (Lipinski definition) is 3. The van der Waals surface area contributed by atoms with E-state index in [1.54, 1.807) is 22.5 Å². The zero-order valence-electron chi connectivity index (χ0n) is 16.6. The molecule has 1 aromatic carbocycles. The molecule has 0 radical (unpaired) electrons. The number of carboxylic acids is 1. The van der Waals surface area contributed by atoms with Crippen LogP contribution in [0.2, 0.25) is 0 Å². The second-order valence-corrected chi connectivity index (χ2v) is 7.69. The van der Waals surface area contributed by atoms with Crippen LogP contribution in [-0.4, -0.2) is 58.5 Å². The van der Waals surface area contributed by atoms with Crippen LogP contribution in [-0.2, 0) is 0 Å². The molecule has 1 aliphatic heterocycles. The number of nitrogens with one attached hydrogen (secondary N) is 1. The Morgan fingerprint density at radius 2 is 1.93 bits per heavy atom. The van der Waals surface area contributed by atoms with E-state index in [1.165, 1.54) is 6.20 Å². The molecule has 4 rings (SSSR count). The summed E-state index contributed by atoms with van der Waals surface area (Å²) in [4.78, 5) is 31.6. The van der Waals surface area contributed by atoms with Crippen LogP contribution >= 0.6 is 0 Å². The number of carboxylic acid groups (broad SMARTS) is 1. The first kappa shape index (κ1) is 19.9. The van der Waals surface area contributed by atoms with Crippen molar-refractivity contribution in [2.45, 2.75) is 25.8 Å². The van der Waals surface area contributed by atoms with Crippen molar-refractivity contribution >= 4 is 34.4 Å². The van der Waals surface area contributed by atoms with Crippen LogP contribution in [0, 0.1) is 11.2 Å². The van der Waals surface area contributed by atoms with Gasteiger partial charge in [0.05, 0.1) is 17.0 Å². The van der Waals surface area contributed by atoms with E-state index in [0.29, 0.717) is 43.2 Å². The third-order valence-corrected chi connectivity index (χ3v) is 5.47. The molecule has 4 N–H and O–H groups in total. The van der Waals surface area contributed by atoms with Crippen molar-refractivity contribution in [1.82, 2.24) is 9.47 Å². The van der Waals surface area contributed by atoms with E-state index in [4.69, 9.17) is 11.1 Å². The normalized spacial score (nSPS) is 17.5. The molecule has 1 aromatic heterocycles. The molecule has 2 aromatic rings. The molecule has 10 heteroatoms. The minimum absolute atomic E-state index is 0.0798. The van der Waals surface area contributed by atoms with E-state index >= 15 is 0 Å². The quantitative estimate of drug-likeness (QED) is 0.517. The Morgan fingerprint density at radius 3 is 2.50 bits per heavy atom. The lowest BCUT2D eigenvalue weighted by Gasteiger charge is -2.36. The fourth-order valence-corrected chi connectivity index (χ4v) is 3.81. The highest BCUT2D eigenvalue weighted by atomic mass is 19.1. The summed E-state index contributed by atoms with van der Waals surface area (Å²) in [5.41, 5.74) is 5.43. The number of piperazine rings is 1. The van der Waals surface area contributed by atoms with Crippen LogP contribution in [0.1, 0.15) is 36.2 Å². The van der Waals surface area contributed by atoms with Gasteiger partial charge >= 0.3 is 5.97 Å². The molecule has 2 heterocycles. The minimum atomic E-state index is -1.31. The number of aromatic nitrogens is 1. The predicted molar refractivity (Wildman–Crippen MR) is 112 cm³/mol. The van der Waals surface area contributed by atoms with E-state index in [2.05, 4.69) is 4.99 Å². The van der Waals surface area contributed by atoms with Gasteiger partial charge in [-0.2, -0.15) is 0 Å². The fourth-order valence-electron chi connectivity index (χ4n) is 3.81. The largest absolute Gasteiger partial charge is 0.477 e. The van der Waals surface area contributed by atoms with Crippen LogP contribution in [0.4, 0.5) is 10.1 Å². The highest BCUT2D eigenvalue weighted by molar-refractivity contribution is 5.94. The summed E-state index contributed by atoms with van der Waals surface area (Å²) in [5.74, 6) is -1.49. The monoisotopic (exact) mass is 414 g/mol. The molecule has 1 saturated heterocycles. The van der Waals surface area contributed by atoms with Gasteiger partial charge in [-0.25, -0.2) is 14.2 Å². The van der Waals surface area contributed by atoms with Gasteiger partial charge in [-0.3, -0.25) is 10.2 Å². The highest BCUT2D eigenvalue weighted by Gasteiger charge is 2.28. The van der Waals surface area contributed by atoms with Gasteiger partial charge in [-0.1, -0.05) is 0 Å². The average molecular weight is 414 g/mol. The molecule has 0 unspecified atom stereocenters. The Hall–Kier alpha value is -3.43. The van der Waals surface area contributed by atoms with Crippen molar-refractivity contribution in [2.24, 2.45) is 10.7 Å². The summed E-state index contributed by atoms with van der Waals surface area (Å²) in [6.07, 6.45) is 3.16. The summed E-state index contributed by atoms with van der Waals surface area (Å²) in [6.45, 7) is 3.54. The lowest BCUT2D eigenvalue weighted by molar-refractivity contribution is 0.0695. The van der Waals surface area contributed by atoms with Gasteiger partial charge in [-0.15, -0.1) is 0 Å². The molecule has 0 amide bonds. The summed E-state index contributed by atoms with van der Waals surface area (Å²) < 4.78 is 16.7. The number of carbonyl (C=O) groups is 1. The molecule has 2 aliphatic rings. The number of anilines is 1. The smallest absolute Gasteiger partial charge is 0.341 e. The van der Waals surface area contributed by atoms with E-state index in [0.717, 1.165) is 18.9 Å². The topological polar surface area (TPSA) is 128 Å². The lowest BCUT2D eigenvalue weighted by Crippen LogP contribution is -2.48. The number of hydrogen-bond acceptors (Lipinski definition) is 4. The Balaban J connectivity index is 1.69. The van der Waals surface area contributed by atoms with Crippen molar-refractivity contribution < 1.29 is 14.3 Å². The number of nitrogens with two attached hydrogens (primary N) is 1. The van der Waals surface area contributed by atoms with Gasteiger partial charge < -0.3 is 25.2 Å². The third-order valence-electron chi connectivity index (χ3n) is 5.47. The molecule has 9 nitrogen and oxygen atoms in total. The zero-order valence-corrected chi connectivity index (χ0v) is 16.6. The number of rotatable bonds is 3. The number of halogens is 1. The average Bonchev–Trinajstić information content (AvgIpc) is 3.53. The van der Waals surface area contributed by atoms with Crippen molar-refractivity contribution in [3.8, 4) is 0 Å². The van der Waals surface area contributed by atoms with Gasteiger partial charge in [0, 0.05) is 43.8 Å². The maximum atomic E-state index is 15.0. The molecule has 1 saturated carbocycles. The number of pyridine rings is 1. The molecule has 30 heavy (non-hydrogen) atoms. The molecule has 158 valence electrons. The van der Waals surface area contributed by atoms with Gasteiger partial charge in [0.1, 0.15) is 11.4 Å². The van der Waals surface area contributed by atoms with Crippen molar-refractivity contribution in [1.29, 1.82) is 5.41 Å². The Kier molecular flexibility index (Phi) is 4.92. The first-order valence-corrected chi connectivity index (χ1v) is 9.77. The van der Waals surface area contributed by atoms with Crippen LogP contribution in [0.15, 0.2) is 28.1 Å². The Morgan fingerprint density at radius 1 is 1.27 bits per heavy atom. The lowest BCUT2D eigenvalue weighted by atomic mass is 10.1. The Labute approximate surface area is 171 Å². The van der Waals surface area contributed by atoms with E-state index < -0.39 is 17.2 Å². The number of aromatic carboxylic acids is 1. The van der Waals surface area contributed by atoms with Crippen LogP contribution in [0.3, 0.4) is 0 Å². The van der Waals surface area contributed by atoms with Gasteiger partial charge in [0.15, 0.2) is 0 Å². The number of aliphatic imine (C=N–C) groups is 1. The van der Waals surface area contributed by atoms with Gasteiger partial charge in [0.2, 0.25) is 11.4 Å². The highest BCUT2D eigenvalue weighted by Crippen LogP contribution is 2.38. The first-order chi connectivity index (χ1) is 14.3.